The number of fused-ring (bicyclic) bond motifs is 1. The van der Waals surface area contributed by atoms with Crippen molar-refractivity contribution in [1.82, 2.24) is 14.9 Å². The maximum absolute atomic E-state index is 14.1. The Hall–Kier alpha value is -3.04. The molecule has 4 rings (SSSR count). The van der Waals surface area contributed by atoms with E-state index in [4.69, 9.17) is 14.6 Å². The second-order valence-electron chi connectivity index (χ2n) is 9.51. The minimum Gasteiger partial charge on any atom is -0.493 e. The second kappa shape index (κ2) is 10.5. The van der Waals surface area contributed by atoms with Crippen molar-refractivity contribution in [2.45, 2.75) is 57.7 Å². The fourth-order valence-corrected chi connectivity index (χ4v) is 4.84. The molecule has 3 atom stereocenters. The third-order valence-electron chi connectivity index (χ3n) is 6.89. The van der Waals surface area contributed by atoms with Crippen molar-refractivity contribution in [3.05, 3.63) is 53.3 Å². The zero-order valence-corrected chi connectivity index (χ0v) is 21.4. The number of likely N-dealkylation sites (tertiary alicyclic amines) is 1. The number of ether oxygens (including phenoxy) is 2. The predicted molar refractivity (Wildman–Crippen MR) is 136 cm³/mol. The van der Waals surface area contributed by atoms with Crippen molar-refractivity contribution < 1.29 is 23.4 Å². The van der Waals surface area contributed by atoms with Gasteiger partial charge in [-0.1, -0.05) is 18.2 Å². The number of hydrogen-bond donors (Lipinski definition) is 2. The van der Waals surface area contributed by atoms with Crippen LogP contribution in [0.4, 0.5) is 14.6 Å². The van der Waals surface area contributed by atoms with E-state index in [-0.39, 0.29) is 17.7 Å². The molecule has 2 heterocycles. The van der Waals surface area contributed by atoms with E-state index in [9.17, 15) is 8.78 Å². The molecule has 2 aromatic carbocycles. The molecule has 3 aromatic rings. The summed E-state index contributed by atoms with van der Waals surface area (Å²) in [6.07, 6.45) is 2.18. The van der Waals surface area contributed by atoms with Crippen molar-refractivity contribution >= 4 is 16.7 Å². The smallest absolute Gasteiger partial charge is 0.295 e. The molecule has 1 fully saturated rings. The molecule has 7 nitrogen and oxygen atoms in total. The van der Waals surface area contributed by atoms with E-state index in [1.807, 2.05) is 19.1 Å². The van der Waals surface area contributed by atoms with Crippen LogP contribution in [0.5, 0.6) is 11.5 Å². The highest BCUT2D eigenvalue weighted by molar-refractivity contribution is 5.92. The van der Waals surface area contributed by atoms with Crippen molar-refractivity contribution in [1.29, 1.82) is 0 Å². The maximum Gasteiger partial charge on any atom is 0.295 e. The van der Waals surface area contributed by atoms with Crippen molar-refractivity contribution in [2.24, 2.45) is 0 Å². The molecule has 1 saturated heterocycles. The molecule has 1 aliphatic rings. The number of aliphatic hydroxyl groups is 1. The van der Waals surface area contributed by atoms with Crippen LogP contribution in [-0.2, 0) is 5.92 Å². The van der Waals surface area contributed by atoms with E-state index < -0.39 is 12.5 Å². The van der Waals surface area contributed by atoms with Crippen LogP contribution in [0.2, 0.25) is 0 Å². The van der Waals surface area contributed by atoms with Gasteiger partial charge in [-0.25, -0.2) is 9.97 Å². The predicted octanol–water partition coefficient (Wildman–Crippen LogP) is 5.07. The Labute approximate surface area is 210 Å². The second-order valence-corrected chi connectivity index (χ2v) is 9.51. The molecule has 0 aliphatic carbocycles. The lowest BCUT2D eigenvalue weighted by Crippen LogP contribution is -2.38. The van der Waals surface area contributed by atoms with Crippen LogP contribution in [-0.4, -0.2) is 59.4 Å². The zero-order chi connectivity index (χ0) is 26.0. The number of aliphatic hydroxyl groups excluding tert-OH is 1. The number of anilines is 1. The molecule has 2 N–H and O–H groups in total. The van der Waals surface area contributed by atoms with Crippen LogP contribution in [0.1, 0.15) is 49.7 Å². The molecular formula is C27H34F2N4O3. The van der Waals surface area contributed by atoms with Gasteiger partial charge in [-0.05, 0) is 64.9 Å². The van der Waals surface area contributed by atoms with Crippen LogP contribution in [0.15, 0.2) is 36.4 Å². The Morgan fingerprint density at radius 2 is 1.97 bits per heavy atom. The molecule has 36 heavy (non-hydrogen) atoms. The van der Waals surface area contributed by atoms with Gasteiger partial charge >= 0.3 is 0 Å². The van der Waals surface area contributed by atoms with Gasteiger partial charge in [0.15, 0.2) is 11.5 Å². The molecule has 1 aromatic heterocycles. The average Bonchev–Trinajstić information content (AvgIpc) is 3.29. The number of aromatic nitrogens is 2. The van der Waals surface area contributed by atoms with Crippen molar-refractivity contribution in [2.75, 3.05) is 32.6 Å². The first-order valence-electron chi connectivity index (χ1n) is 12.2. The number of nitrogens with zero attached hydrogens (tertiary/aromatic N) is 3. The van der Waals surface area contributed by atoms with Gasteiger partial charge in [0.1, 0.15) is 24.4 Å². The minimum atomic E-state index is -3.30. The Balaban J connectivity index is 1.67. The highest BCUT2D eigenvalue weighted by atomic mass is 19.3. The van der Waals surface area contributed by atoms with Crippen molar-refractivity contribution in [3.8, 4) is 11.5 Å². The van der Waals surface area contributed by atoms with E-state index in [0.717, 1.165) is 24.8 Å². The average molecular weight is 501 g/mol. The molecule has 194 valence electrons. The summed E-state index contributed by atoms with van der Waals surface area (Å²) >= 11 is 0. The molecule has 0 unspecified atom stereocenters. The maximum atomic E-state index is 14.1. The van der Waals surface area contributed by atoms with E-state index in [1.165, 1.54) is 12.1 Å². The highest BCUT2D eigenvalue weighted by Crippen LogP contribution is 2.37. The SMILES string of the molecule is COc1cc2nc(C)nc(N[C@H](C)c3cccc(C(F)(F)CO)c3)c2cc1O[C@H](C)[C@@H]1CCCN1C. The largest absolute Gasteiger partial charge is 0.493 e. The summed E-state index contributed by atoms with van der Waals surface area (Å²) in [6, 6.07) is 9.75. The van der Waals surface area contributed by atoms with Gasteiger partial charge in [-0.15, -0.1) is 0 Å². The molecule has 0 spiro atoms. The summed E-state index contributed by atoms with van der Waals surface area (Å²) < 4.78 is 40.1. The summed E-state index contributed by atoms with van der Waals surface area (Å²) in [5.74, 6) is -0.977. The van der Waals surface area contributed by atoms with Crippen LogP contribution < -0.4 is 14.8 Å². The third kappa shape index (κ3) is 5.37. The molecule has 0 saturated carbocycles. The van der Waals surface area contributed by atoms with E-state index >= 15 is 0 Å². The molecular weight excluding hydrogens is 466 g/mol. The standard InChI is InChI=1S/C27H34F2N4O3/c1-16(19-8-6-9-20(12-19)27(28,29)15-34)30-26-21-13-25(36-17(2)23-10-7-11-33(23)4)24(35-5)14-22(21)31-18(3)32-26/h6,8-9,12-14,16-17,23,34H,7,10-11,15H2,1-5H3,(H,30,31,32)/t16-,17-,23+/m1/s1. The van der Waals surface area contributed by atoms with Gasteiger partial charge < -0.3 is 19.9 Å². The first kappa shape index (κ1) is 26.0. The monoisotopic (exact) mass is 500 g/mol. The number of nitrogens with one attached hydrogen (secondary N) is 1. The first-order valence-corrected chi connectivity index (χ1v) is 12.2. The molecule has 0 bridgehead atoms. The fourth-order valence-electron chi connectivity index (χ4n) is 4.84. The van der Waals surface area contributed by atoms with Gasteiger partial charge in [-0.2, -0.15) is 8.78 Å². The number of benzene rings is 2. The molecule has 0 radical (unpaired) electrons. The van der Waals surface area contributed by atoms with Crippen LogP contribution in [0, 0.1) is 6.92 Å². The van der Waals surface area contributed by atoms with Crippen molar-refractivity contribution in [3.63, 3.8) is 0 Å². The number of methoxy groups -OCH3 is 1. The summed E-state index contributed by atoms with van der Waals surface area (Å²) in [7, 11) is 3.71. The van der Waals surface area contributed by atoms with Gasteiger partial charge in [0.2, 0.25) is 0 Å². The van der Waals surface area contributed by atoms with Gasteiger partial charge in [0.25, 0.3) is 5.92 Å². The van der Waals surface area contributed by atoms with E-state index in [0.29, 0.717) is 40.3 Å². The molecule has 0 amide bonds. The topological polar surface area (TPSA) is 79.7 Å². The van der Waals surface area contributed by atoms with Crippen LogP contribution in [0.25, 0.3) is 10.9 Å². The summed E-state index contributed by atoms with van der Waals surface area (Å²) in [4.78, 5) is 11.5. The number of alkyl halides is 2. The molecule has 9 heteroatoms. The minimum absolute atomic E-state index is 0.0403. The lowest BCUT2D eigenvalue weighted by Gasteiger charge is -2.27. The first-order chi connectivity index (χ1) is 17.1. The number of halogens is 2. The fraction of sp³-hybridized carbons (Fsp3) is 0.481. The lowest BCUT2D eigenvalue weighted by atomic mass is 10.0. The Morgan fingerprint density at radius 1 is 1.19 bits per heavy atom. The van der Waals surface area contributed by atoms with E-state index in [2.05, 4.69) is 34.2 Å². The number of hydrogen-bond acceptors (Lipinski definition) is 7. The third-order valence-corrected chi connectivity index (χ3v) is 6.89. The van der Waals surface area contributed by atoms with Crippen LogP contribution >= 0.6 is 0 Å². The Bertz CT molecular complexity index is 1220. The lowest BCUT2D eigenvalue weighted by molar-refractivity contribution is -0.0556. The summed E-state index contributed by atoms with van der Waals surface area (Å²) in [5, 5.41) is 13.2. The number of likely N-dealkylation sites (N-methyl/N-ethyl adjacent to an activating group) is 1. The zero-order valence-electron chi connectivity index (χ0n) is 21.4. The van der Waals surface area contributed by atoms with E-state index in [1.54, 1.807) is 26.2 Å². The summed E-state index contributed by atoms with van der Waals surface area (Å²) in [5.41, 5.74) is 1.10. The Kier molecular flexibility index (Phi) is 7.61. The Morgan fingerprint density at radius 3 is 2.64 bits per heavy atom. The summed E-state index contributed by atoms with van der Waals surface area (Å²) in [6.45, 7) is 5.55. The normalized spacial score (nSPS) is 18.3. The number of aryl methyl sites for hydroxylation is 1. The number of rotatable bonds is 9. The highest BCUT2D eigenvalue weighted by Gasteiger charge is 2.31. The van der Waals surface area contributed by atoms with Gasteiger partial charge in [0, 0.05) is 29.1 Å². The van der Waals surface area contributed by atoms with Gasteiger partial charge in [-0.3, -0.25) is 4.90 Å². The van der Waals surface area contributed by atoms with Crippen LogP contribution in [0.3, 0.4) is 0 Å². The van der Waals surface area contributed by atoms with Gasteiger partial charge in [0.05, 0.1) is 12.6 Å². The molecule has 1 aliphatic heterocycles. The quantitative estimate of drug-likeness (QED) is 0.425.